The smallest absolute Gasteiger partial charge is 0.282 e. The maximum absolute atomic E-state index is 11.9. The van der Waals surface area contributed by atoms with Crippen molar-refractivity contribution >= 4 is 11.6 Å². The number of nitrogens with zero attached hydrogens (tertiary/aromatic N) is 2. The predicted molar refractivity (Wildman–Crippen MR) is 65.0 cm³/mol. The van der Waals surface area contributed by atoms with Crippen molar-refractivity contribution in [1.29, 1.82) is 5.26 Å². The summed E-state index contributed by atoms with van der Waals surface area (Å²) in [6, 6.07) is 6.46. The molecular formula is C12H13N3O3. The van der Waals surface area contributed by atoms with Gasteiger partial charge in [-0.3, -0.25) is 14.9 Å². The van der Waals surface area contributed by atoms with E-state index in [-0.39, 0.29) is 11.3 Å². The van der Waals surface area contributed by atoms with Crippen LogP contribution < -0.4 is 5.32 Å². The molecule has 0 unspecified atom stereocenters. The number of amides is 1. The summed E-state index contributed by atoms with van der Waals surface area (Å²) in [7, 11) is 0. The normalized spacial score (nSPS) is 9.56. The Bertz CT molecular complexity index is 506. The zero-order valence-electron chi connectivity index (χ0n) is 9.97. The topological polar surface area (TPSA) is 96.0 Å². The van der Waals surface area contributed by atoms with Gasteiger partial charge in [0.1, 0.15) is 5.56 Å². The Hall–Kier alpha value is -2.42. The standard InChI is InChI=1S/C12H13N3O3/c1-9-5-4-6-10(15(17)18)11(9)12(16)14-8-3-2-7-13/h4-6H,2-3,8H2,1H3,(H,14,16). The number of carbonyl (C=O) groups excluding carboxylic acids is 1. The molecule has 0 heterocycles. The predicted octanol–water partition coefficient (Wildman–Crippen LogP) is 1.94. The average Bonchev–Trinajstić information content (AvgIpc) is 2.34. The summed E-state index contributed by atoms with van der Waals surface area (Å²) in [5.41, 5.74) is 0.439. The van der Waals surface area contributed by atoms with Crippen LogP contribution in [0.25, 0.3) is 0 Å². The lowest BCUT2D eigenvalue weighted by Gasteiger charge is -2.07. The fraction of sp³-hybridized carbons (Fsp3) is 0.333. The third-order valence-electron chi connectivity index (χ3n) is 2.43. The summed E-state index contributed by atoms with van der Waals surface area (Å²) in [4.78, 5) is 22.1. The van der Waals surface area contributed by atoms with Crippen LogP contribution in [0.1, 0.15) is 28.8 Å². The molecule has 1 rings (SSSR count). The number of rotatable bonds is 5. The van der Waals surface area contributed by atoms with E-state index in [1.165, 1.54) is 6.07 Å². The molecule has 6 heteroatoms. The van der Waals surface area contributed by atoms with Crippen molar-refractivity contribution in [3.05, 3.63) is 39.4 Å². The molecule has 1 aromatic carbocycles. The molecule has 1 aromatic rings. The summed E-state index contributed by atoms with van der Waals surface area (Å²) in [5, 5.41) is 21.8. The number of nitriles is 1. The highest BCUT2D eigenvalue weighted by molar-refractivity contribution is 5.99. The molecule has 6 nitrogen and oxygen atoms in total. The second kappa shape index (κ2) is 6.35. The number of benzene rings is 1. The van der Waals surface area contributed by atoms with Crippen molar-refractivity contribution in [3.8, 4) is 6.07 Å². The van der Waals surface area contributed by atoms with Gasteiger partial charge in [-0.1, -0.05) is 12.1 Å². The Balaban J connectivity index is 2.85. The van der Waals surface area contributed by atoms with Crippen molar-refractivity contribution in [2.24, 2.45) is 0 Å². The van der Waals surface area contributed by atoms with E-state index in [0.717, 1.165) is 0 Å². The average molecular weight is 247 g/mol. The Morgan fingerprint density at radius 1 is 1.56 bits per heavy atom. The maximum Gasteiger partial charge on any atom is 0.282 e. The van der Waals surface area contributed by atoms with Gasteiger partial charge in [0.15, 0.2) is 0 Å². The third-order valence-corrected chi connectivity index (χ3v) is 2.43. The Labute approximate surface area is 104 Å². The van der Waals surface area contributed by atoms with Crippen LogP contribution in [-0.4, -0.2) is 17.4 Å². The molecule has 0 aliphatic carbocycles. The van der Waals surface area contributed by atoms with Gasteiger partial charge in [0.05, 0.1) is 11.0 Å². The number of aryl methyl sites for hydroxylation is 1. The summed E-state index contributed by atoms with van der Waals surface area (Å²) < 4.78 is 0. The molecule has 0 saturated carbocycles. The monoisotopic (exact) mass is 247 g/mol. The molecule has 0 aromatic heterocycles. The lowest BCUT2D eigenvalue weighted by atomic mass is 10.1. The summed E-state index contributed by atoms with van der Waals surface area (Å²) in [6.07, 6.45) is 0.873. The Kier molecular flexibility index (Phi) is 4.81. The molecule has 0 saturated heterocycles. The largest absolute Gasteiger partial charge is 0.352 e. The van der Waals surface area contributed by atoms with Crippen molar-refractivity contribution in [2.45, 2.75) is 19.8 Å². The molecule has 0 bridgehead atoms. The number of unbranched alkanes of at least 4 members (excludes halogenated alkanes) is 1. The summed E-state index contributed by atoms with van der Waals surface area (Å²) >= 11 is 0. The van der Waals surface area contributed by atoms with Gasteiger partial charge in [0.25, 0.3) is 11.6 Å². The number of nitro groups is 1. The molecule has 1 amide bonds. The van der Waals surface area contributed by atoms with Crippen molar-refractivity contribution in [1.82, 2.24) is 5.32 Å². The van der Waals surface area contributed by atoms with Gasteiger partial charge in [-0.2, -0.15) is 5.26 Å². The minimum absolute atomic E-state index is 0.0828. The van der Waals surface area contributed by atoms with E-state index in [1.54, 1.807) is 19.1 Å². The number of nitrogens with one attached hydrogen (secondary N) is 1. The van der Waals surface area contributed by atoms with E-state index in [9.17, 15) is 14.9 Å². The molecule has 1 N–H and O–H groups in total. The molecule has 0 aliphatic heterocycles. The summed E-state index contributed by atoms with van der Waals surface area (Å²) in [6.45, 7) is 1.98. The minimum atomic E-state index is -0.572. The van der Waals surface area contributed by atoms with E-state index >= 15 is 0 Å². The Morgan fingerprint density at radius 2 is 2.28 bits per heavy atom. The SMILES string of the molecule is Cc1cccc([N+](=O)[O-])c1C(=O)NCCCC#N. The number of hydrogen-bond acceptors (Lipinski definition) is 4. The molecule has 0 fully saturated rings. The first-order chi connectivity index (χ1) is 8.57. The van der Waals surface area contributed by atoms with Crippen LogP contribution in [-0.2, 0) is 0 Å². The van der Waals surface area contributed by atoms with Crippen LogP contribution in [0.5, 0.6) is 0 Å². The fourth-order valence-electron chi connectivity index (χ4n) is 1.56. The highest BCUT2D eigenvalue weighted by atomic mass is 16.6. The van der Waals surface area contributed by atoms with Crippen molar-refractivity contribution < 1.29 is 9.72 Å². The van der Waals surface area contributed by atoms with Crippen LogP contribution in [0.3, 0.4) is 0 Å². The third kappa shape index (κ3) is 3.28. The van der Waals surface area contributed by atoms with Crippen LogP contribution in [0.4, 0.5) is 5.69 Å². The van der Waals surface area contributed by atoms with Gasteiger partial charge >= 0.3 is 0 Å². The quantitative estimate of drug-likeness (QED) is 0.488. The lowest BCUT2D eigenvalue weighted by molar-refractivity contribution is -0.385. The van der Waals surface area contributed by atoms with E-state index < -0.39 is 10.8 Å². The number of hydrogen-bond donors (Lipinski definition) is 1. The van der Waals surface area contributed by atoms with Crippen LogP contribution in [0.15, 0.2) is 18.2 Å². The molecule has 94 valence electrons. The molecule has 0 aliphatic rings. The molecule has 18 heavy (non-hydrogen) atoms. The van der Waals surface area contributed by atoms with Crippen molar-refractivity contribution in [3.63, 3.8) is 0 Å². The first-order valence-corrected chi connectivity index (χ1v) is 5.47. The van der Waals surface area contributed by atoms with Gasteiger partial charge in [-0.25, -0.2) is 0 Å². The van der Waals surface area contributed by atoms with E-state index in [1.807, 2.05) is 6.07 Å². The zero-order chi connectivity index (χ0) is 13.5. The highest BCUT2D eigenvalue weighted by Crippen LogP contribution is 2.21. The van der Waals surface area contributed by atoms with Gasteiger partial charge in [-0.15, -0.1) is 0 Å². The van der Waals surface area contributed by atoms with E-state index in [2.05, 4.69) is 5.32 Å². The lowest BCUT2D eigenvalue weighted by Crippen LogP contribution is -2.26. The second-order valence-corrected chi connectivity index (χ2v) is 3.74. The molecule has 0 spiro atoms. The minimum Gasteiger partial charge on any atom is -0.352 e. The zero-order valence-corrected chi connectivity index (χ0v) is 9.97. The molecular weight excluding hydrogens is 234 g/mol. The molecule has 0 atom stereocenters. The summed E-state index contributed by atoms with van der Waals surface area (Å²) in [5.74, 6) is -0.474. The second-order valence-electron chi connectivity index (χ2n) is 3.74. The number of nitro benzene ring substituents is 1. The number of carbonyl (C=O) groups is 1. The van der Waals surface area contributed by atoms with Gasteiger partial charge in [-0.05, 0) is 18.9 Å². The van der Waals surface area contributed by atoms with E-state index in [4.69, 9.17) is 5.26 Å². The van der Waals surface area contributed by atoms with Gasteiger partial charge < -0.3 is 5.32 Å². The Morgan fingerprint density at radius 3 is 2.89 bits per heavy atom. The van der Waals surface area contributed by atoms with Crippen LogP contribution in [0.2, 0.25) is 0 Å². The van der Waals surface area contributed by atoms with Gasteiger partial charge in [0.2, 0.25) is 0 Å². The van der Waals surface area contributed by atoms with Crippen LogP contribution in [0, 0.1) is 28.4 Å². The highest BCUT2D eigenvalue weighted by Gasteiger charge is 2.21. The fourth-order valence-corrected chi connectivity index (χ4v) is 1.56. The van der Waals surface area contributed by atoms with E-state index in [0.29, 0.717) is 24.9 Å². The van der Waals surface area contributed by atoms with Gasteiger partial charge in [0, 0.05) is 19.0 Å². The first-order valence-electron chi connectivity index (χ1n) is 5.47. The molecule has 0 radical (unpaired) electrons. The van der Waals surface area contributed by atoms with Crippen LogP contribution >= 0.6 is 0 Å². The van der Waals surface area contributed by atoms with Crippen molar-refractivity contribution in [2.75, 3.05) is 6.54 Å². The maximum atomic E-state index is 11.9. The first kappa shape index (κ1) is 13.6.